The summed E-state index contributed by atoms with van der Waals surface area (Å²) < 4.78 is 19.8. The van der Waals surface area contributed by atoms with E-state index in [1.54, 1.807) is 0 Å². The molecule has 1 unspecified atom stereocenters. The number of hydrogen-bond donors (Lipinski definition) is 0. The van der Waals surface area contributed by atoms with E-state index in [0.717, 1.165) is 32.5 Å². The molecule has 1 heterocycles. The number of hydrogen-bond acceptors (Lipinski definition) is 3. The van der Waals surface area contributed by atoms with Gasteiger partial charge < -0.3 is 9.64 Å². The first-order valence-electron chi connectivity index (χ1n) is 10.6. The first-order valence-corrected chi connectivity index (χ1v) is 10.6. The molecule has 1 aromatic carbocycles. The second kappa shape index (κ2) is 7.01. The van der Waals surface area contributed by atoms with E-state index in [2.05, 4.69) is 29.2 Å². The van der Waals surface area contributed by atoms with Gasteiger partial charge in [0.25, 0.3) is 0 Å². The number of halogens is 1. The van der Waals surface area contributed by atoms with Gasteiger partial charge in [-0.15, -0.1) is 0 Å². The smallest absolute Gasteiger partial charge is 0.410 e. The van der Waals surface area contributed by atoms with Crippen LogP contribution in [0, 0.1) is 5.41 Å². The van der Waals surface area contributed by atoms with Crippen molar-refractivity contribution in [1.82, 2.24) is 9.80 Å². The molecule has 1 amide bonds. The molecular weight excluding hydrogens is 355 g/mol. The Kier molecular flexibility index (Phi) is 4.93. The summed E-state index contributed by atoms with van der Waals surface area (Å²) in [5.41, 5.74) is -0.168. The van der Waals surface area contributed by atoms with Crippen molar-refractivity contribution in [1.29, 1.82) is 0 Å². The Morgan fingerprint density at radius 2 is 1.93 bits per heavy atom. The average molecular weight is 389 g/mol. The van der Waals surface area contributed by atoms with Crippen LogP contribution in [0.1, 0.15) is 58.4 Å². The maximum absolute atomic E-state index is 14.0. The van der Waals surface area contributed by atoms with Gasteiger partial charge in [0.05, 0.1) is 0 Å². The summed E-state index contributed by atoms with van der Waals surface area (Å²) in [6.45, 7) is 9.16. The number of carbonyl (C=O) groups excluding carboxylic acids is 1. The van der Waals surface area contributed by atoms with Crippen molar-refractivity contribution in [3.8, 4) is 0 Å². The summed E-state index contributed by atoms with van der Waals surface area (Å²) in [5.74, 6) is 0. The summed E-state index contributed by atoms with van der Waals surface area (Å²) in [7, 11) is 0. The highest BCUT2D eigenvalue weighted by Crippen LogP contribution is 2.69. The Labute approximate surface area is 168 Å². The molecule has 4 fully saturated rings. The predicted molar refractivity (Wildman–Crippen MR) is 108 cm³/mol. The van der Waals surface area contributed by atoms with Crippen molar-refractivity contribution in [2.24, 2.45) is 5.41 Å². The van der Waals surface area contributed by atoms with Crippen LogP contribution < -0.4 is 0 Å². The lowest BCUT2D eigenvalue weighted by molar-refractivity contribution is -0.222. The van der Waals surface area contributed by atoms with E-state index in [4.69, 9.17) is 4.74 Å². The van der Waals surface area contributed by atoms with Gasteiger partial charge in [-0.1, -0.05) is 30.3 Å². The number of likely N-dealkylation sites (tertiary alicyclic amines) is 1. The molecule has 4 nitrogen and oxygen atoms in total. The molecule has 1 aromatic rings. The van der Waals surface area contributed by atoms with Crippen LogP contribution in [0.3, 0.4) is 0 Å². The highest BCUT2D eigenvalue weighted by molar-refractivity contribution is 5.69. The SMILES string of the molecule is CC(C)(C)OC(=O)N(CC12CC(F)(C1)C2)C1CCCN(Cc2ccccc2)C1. The van der Waals surface area contributed by atoms with Crippen molar-refractivity contribution in [3.05, 3.63) is 35.9 Å². The number of piperidine rings is 1. The zero-order valence-corrected chi connectivity index (χ0v) is 17.4. The van der Waals surface area contributed by atoms with Crippen molar-refractivity contribution >= 4 is 6.09 Å². The van der Waals surface area contributed by atoms with Gasteiger partial charge in [0.1, 0.15) is 11.3 Å². The monoisotopic (exact) mass is 388 g/mol. The van der Waals surface area contributed by atoms with Crippen molar-refractivity contribution < 1.29 is 13.9 Å². The van der Waals surface area contributed by atoms with Crippen LogP contribution in [0.2, 0.25) is 0 Å². The molecule has 28 heavy (non-hydrogen) atoms. The van der Waals surface area contributed by atoms with Gasteiger partial charge >= 0.3 is 6.09 Å². The van der Waals surface area contributed by atoms with Crippen LogP contribution in [0.4, 0.5) is 9.18 Å². The molecular formula is C23H33FN2O2. The molecule has 1 aliphatic heterocycles. The largest absolute Gasteiger partial charge is 0.444 e. The Bertz CT molecular complexity index is 695. The molecule has 4 aliphatic rings. The zero-order chi connectivity index (χ0) is 20.0. The minimum atomic E-state index is -0.939. The number of ether oxygens (including phenoxy) is 1. The van der Waals surface area contributed by atoms with Gasteiger partial charge in [0.2, 0.25) is 0 Å². The van der Waals surface area contributed by atoms with E-state index in [-0.39, 0.29) is 17.6 Å². The molecule has 1 saturated heterocycles. The average Bonchev–Trinajstić information content (AvgIpc) is 2.56. The fraction of sp³-hybridized carbons (Fsp3) is 0.696. The van der Waals surface area contributed by atoms with Crippen LogP contribution in [0.25, 0.3) is 0 Å². The molecule has 3 saturated carbocycles. The summed E-state index contributed by atoms with van der Waals surface area (Å²) in [4.78, 5) is 17.4. The van der Waals surface area contributed by atoms with E-state index in [1.807, 2.05) is 31.7 Å². The normalized spacial score (nSPS) is 32.2. The molecule has 1 atom stereocenters. The molecule has 0 spiro atoms. The van der Waals surface area contributed by atoms with Crippen LogP contribution >= 0.6 is 0 Å². The fourth-order valence-corrected chi connectivity index (χ4v) is 5.32. The lowest BCUT2D eigenvalue weighted by Crippen LogP contribution is -2.69. The van der Waals surface area contributed by atoms with Crippen LogP contribution in [-0.2, 0) is 11.3 Å². The topological polar surface area (TPSA) is 32.8 Å². The van der Waals surface area contributed by atoms with E-state index >= 15 is 0 Å². The van der Waals surface area contributed by atoms with Crippen LogP contribution in [0.5, 0.6) is 0 Å². The number of amides is 1. The standard InChI is InChI=1S/C23H33FN2O2/c1-21(2,3)28-20(27)26(17-22-14-23(24,15-22)16-22)19-10-7-11-25(13-19)12-18-8-5-4-6-9-18/h4-6,8-9,19H,7,10-17H2,1-3H3. The third-order valence-corrected chi connectivity index (χ3v) is 6.38. The maximum atomic E-state index is 14.0. The number of alkyl halides is 1. The molecule has 0 aromatic heterocycles. The predicted octanol–water partition coefficient (Wildman–Crippen LogP) is 4.78. The van der Waals surface area contributed by atoms with Crippen LogP contribution in [-0.4, -0.2) is 52.8 Å². The van der Waals surface area contributed by atoms with Crippen molar-refractivity contribution in [3.63, 3.8) is 0 Å². The molecule has 5 rings (SSSR count). The maximum Gasteiger partial charge on any atom is 0.410 e. The van der Waals surface area contributed by atoms with E-state index in [9.17, 15) is 9.18 Å². The second-order valence-electron chi connectivity index (χ2n) is 10.3. The lowest BCUT2D eigenvalue weighted by atomic mass is 9.42. The Morgan fingerprint density at radius 3 is 2.54 bits per heavy atom. The Balaban J connectivity index is 1.44. The second-order valence-corrected chi connectivity index (χ2v) is 10.3. The highest BCUT2D eigenvalue weighted by Gasteiger charge is 2.69. The van der Waals surface area contributed by atoms with Gasteiger partial charge in [-0.25, -0.2) is 9.18 Å². The first kappa shape index (κ1) is 19.7. The van der Waals surface area contributed by atoms with Crippen molar-refractivity contribution in [2.75, 3.05) is 19.6 Å². The van der Waals surface area contributed by atoms with Gasteiger partial charge in [-0.2, -0.15) is 0 Å². The van der Waals surface area contributed by atoms with E-state index in [1.165, 1.54) is 5.56 Å². The summed E-state index contributed by atoms with van der Waals surface area (Å²) in [6.07, 6.45) is 3.65. The van der Waals surface area contributed by atoms with Gasteiger partial charge in [0, 0.05) is 25.7 Å². The van der Waals surface area contributed by atoms with Gasteiger partial charge in [0.15, 0.2) is 0 Å². The molecule has 154 valence electrons. The Morgan fingerprint density at radius 1 is 1.25 bits per heavy atom. The summed E-state index contributed by atoms with van der Waals surface area (Å²) >= 11 is 0. The zero-order valence-electron chi connectivity index (χ0n) is 17.4. The minimum Gasteiger partial charge on any atom is -0.444 e. The Hall–Kier alpha value is -1.62. The third kappa shape index (κ3) is 4.19. The van der Waals surface area contributed by atoms with Crippen molar-refractivity contribution in [2.45, 2.75) is 76.7 Å². The minimum absolute atomic E-state index is 0.00659. The number of carbonyl (C=O) groups is 1. The number of nitrogens with zero attached hydrogens (tertiary/aromatic N) is 2. The molecule has 0 N–H and O–H groups in total. The first-order chi connectivity index (χ1) is 13.2. The molecule has 5 heteroatoms. The van der Waals surface area contributed by atoms with Crippen LogP contribution in [0.15, 0.2) is 30.3 Å². The quantitative estimate of drug-likeness (QED) is 0.728. The summed E-state index contributed by atoms with van der Waals surface area (Å²) in [6, 6.07) is 10.6. The molecule has 0 radical (unpaired) electrons. The number of benzene rings is 1. The van der Waals surface area contributed by atoms with E-state index < -0.39 is 11.3 Å². The fourth-order valence-electron chi connectivity index (χ4n) is 5.32. The number of rotatable bonds is 5. The lowest BCUT2D eigenvalue weighted by Gasteiger charge is -2.67. The third-order valence-electron chi connectivity index (χ3n) is 6.38. The summed E-state index contributed by atoms with van der Waals surface area (Å²) in [5, 5.41) is 0. The van der Waals surface area contributed by atoms with Gasteiger partial charge in [-0.3, -0.25) is 4.90 Å². The molecule has 3 aliphatic carbocycles. The van der Waals surface area contributed by atoms with Gasteiger partial charge in [-0.05, 0) is 70.4 Å². The highest BCUT2D eigenvalue weighted by atomic mass is 19.1. The molecule has 2 bridgehead atoms. The van der Waals surface area contributed by atoms with E-state index in [0.29, 0.717) is 25.8 Å².